The summed E-state index contributed by atoms with van der Waals surface area (Å²) < 4.78 is 28.0. The highest BCUT2D eigenvalue weighted by Gasteiger charge is 2.46. The number of carbonyl (C=O) groups excluding carboxylic acids is 1. The van der Waals surface area contributed by atoms with Crippen LogP contribution >= 0.6 is 0 Å². The van der Waals surface area contributed by atoms with E-state index in [1.165, 1.54) is 0 Å². The summed E-state index contributed by atoms with van der Waals surface area (Å²) >= 11 is 0. The average Bonchev–Trinajstić information content (AvgIpc) is 2.68. The average molecular weight is 408 g/mol. The van der Waals surface area contributed by atoms with Crippen molar-refractivity contribution >= 4 is 15.9 Å². The Morgan fingerprint density at radius 1 is 1.11 bits per heavy atom. The maximum atomic E-state index is 13.2. The first-order valence-corrected chi connectivity index (χ1v) is 11.8. The van der Waals surface area contributed by atoms with Crippen molar-refractivity contribution in [3.05, 3.63) is 30.3 Å². The third kappa shape index (κ3) is 3.98. The van der Waals surface area contributed by atoms with E-state index in [0.717, 1.165) is 25.9 Å². The van der Waals surface area contributed by atoms with Crippen LogP contribution in [-0.2, 0) is 14.8 Å². The molecule has 156 valence electrons. The number of amides is 1. The van der Waals surface area contributed by atoms with Crippen LogP contribution in [0.3, 0.4) is 0 Å². The van der Waals surface area contributed by atoms with Gasteiger partial charge in [-0.3, -0.25) is 9.69 Å². The quantitative estimate of drug-likeness (QED) is 0.752. The van der Waals surface area contributed by atoms with Crippen molar-refractivity contribution in [1.82, 2.24) is 14.1 Å². The van der Waals surface area contributed by atoms with Gasteiger partial charge in [-0.25, -0.2) is 8.42 Å². The second-order valence-corrected chi connectivity index (χ2v) is 10.5. The van der Waals surface area contributed by atoms with Crippen molar-refractivity contribution < 1.29 is 13.2 Å². The van der Waals surface area contributed by atoms with Crippen LogP contribution in [0.2, 0.25) is 0 Å². The Bertz CT molecular complexity index is 790. The van der Waals surface area contributed by atoms with E-state index in [-0.39, 0.29) is 23.4 Å². The highest BCUT2D eigenvalue weighted by atomic mass is 32.2. The van der Waals surface area contributed by atoms with Gasteiger partial charge in [0.05, 0.1) is 4.90 Å². The number of sulfonamides is 1. The highest BCUT2D eigenvalue weighted by Crippen LogP contribution is 2.32. The van der Waals surface area contributed by atoms with Gasteiger partial charge in [0.1, 0.15) is 0 Å². The van der Waals surface area contributed by atoms with E-state index < -0.39 is 10.0 Å². The standard InChI is InChI=1S/C21H33N3O3S/c1-5-17(6-2)20(25)22-12-13-24-18(14-22)15-23(16-21(24,3)4)28(26,27)19-10-8-7-9-11-19/h7-11,17-18H,5-6,12-16H2,1-4H3/t18-/m0/s1. The predicted octanol–water partition coefficient (Wildman–Crippen LogP) is 2.42. The van der Waals surface area contributed by atoms with E-state index in [2.05, 4.69) is 32.6 Å². The monoisotopic (exact) mass is 407 g/mol. The fourth-order valence-corrected chi connectivity index (χ4v) is 6.30. The molecule has 0 spiro atoms. The van der Waals surface area contributed by atoms with E-state index in [9.17, 15) is 13.2 Å². The Morgan fingerprint density at radius 2 is 1.75 bits per heavy atom. The molecule has 2 saturated heterocycles. The lowest BCUT2D eigenvalue weighted by Crippen LogP contribution is -2.70. The molecule has 2 aliphatic heterocycles. The zero-order valence-corrected chi connectivity index (χ0v) is 18.3. The highest BCUT2D eigenvalue weighted by molar-refractivity contribution is 7.89. The summed E-state index contributed by atoms with van der Waals surface area (Å²) in [5, 5.41) is 0. The predicted molar refractivity (Wildman–Crippen MR) is 110 cm³/mol. The van der Waals surface area contributed by atoms with Gasteiger partial charge in [0, 0.05) is 50.2 Å². The van der Waals surface area contributed by atoms with Crippen LogP contribution in [0, 0.1) is 5.92 Å². The first kappa shape index (κ1) is 21.3. The van der Waals surface area contributed by atoms with Gasteiger partial charge in [-0.2, -0.15) is 4.31 Å². The number of nitrogens with zero attached hydrogens (tertiary/aromatic N) is 3. The summed E-state index contributed by atoms with van der Waals surface area (Å²) in [6.07, 6.45) is 1.69. The Labute approximate surface area is 169 Å². The molecule has 0 unspecified atom stereocenters. The van der Waals surface area contributed by atoms with Crippen LogP contribution in [0.15, 0.2) is 35.2 Å². The molecule has 2 fully saturated rings. The molecule has 0 aromatic heterocycles. The largest absolute Gasteiger partial charge is 0.340 e. The number of hydrogen-bond acceptors (Lipinski definition) is 4. The molecule has 6 nitrogen and oxygen atoms in total. The Kier molecular flexibility index (Phi) is 6.17. The molecule has 3 rings (SSSR count). The number of hydrogen-bond donors (Lipinski definition) is 0. The Hall–Kier alpha value is -1.44. The maximum Gasteiger partial charge on any atom is 0.243 e. The van der Waals surface area contributed by atoms with Gasteiger partial charge < -0.3 is 4.90 Å². The minimum Gasteiger partial charge on any atom is -0.340 e. The molecule has 0 aliphatic carbocycles. The van der Waals surface area contributed by atoms with Gasteiger partial charge in [0.15, 0.2) is 0 Å². The number of benzene rings is 1. The summed E-state index contributed by atoms with van der Waals surface area (Å²) in [5.41, 5.74) is -0.269. The second-order valence-electron chi connectivity index (χ2n) is 8.57. The number of fused-ring (bicyclic) bond motifs is 1. The minimum atomic E-state index is -3.54. The molecule has 0 N–H and O–H groups in total. The molecule has 2 heterocycles. The van der Waals surface area contributed by atoms with Gasteiger partial charge >= 0.3 is 0 Å². The van der Waals surface area contributed by atoms with Gasteiger partial charge in [-0.15, -0.1) is 0 Å². The smallest absolute Gasteiger partial charge is 0.243 e. The number of carbonyl (C=O) groups is 1. The van der Waals surface area contributed by atoms with Gasteiger partial charge in [0.25, 0.3) is 0 Å². The molecule has 7 heteroatoms. The Balaban J connectivity index is 1.82. The summed E-state index contributed by atoms with van der Waals surface area (Å²) in [7, 11) is -3.54. The van der Waals surface area contributed by atoms with Crippen LogP contribution in [0.4, 0.5) is 0 Å². The lowest BCUT2D eigenvalue weighted by Gasteiger charge is -2.55. The molecule has 1 atom stereocenters. The van der Waals surface area contributed by atoms with Crippen molar-refractivity contribution in [2.24, 2.45) is 5.92 Å². The molecule has 28 heavy (non-hydrogen) atoms. The zero-order valence-electron chi connectivity index (χ0n) is 17.5. The Morgan fingerprint density at radius 3 is 2.36 bits per heavy atom. The van der Waals surface area contributed by atoms with Crippen molar-refractivity contribution in [3.8, 4) is 0 Å². The third-order valence-corrected chi connectivity index (χ3v) is 8.09. The van der Waals surface area contributed by atoms with Crippen LogP contribution < -0.4 is 0 Å². The van der Waals surface area contributed by atoms with Crippen LogP contribution in [0.1, 0.15) is 40.5 Å². The van der Waals surface area contributed by atoms with Crippen molar-refractivity contribution in [3.63, 3.8) is 0 Å². The summed E-state index contributed by atoms with van der Waals surface area (Å²) in [5.74, 6) is 0.276. The van der Waals surface area contributed by atoms with Crippen LogP contribution in [0.25, 0.3) is 0 Å². The molecule has 1 amide bonds. The molecular formula is C21H33N3O3S. The van der Waals surface area contributed by atoms with Crippen molar-refractivity contribution in [1.29, 1.82) is 0 Å². The molecule has 0 bridgehead atoms. The SMILES string of the molecule is CCC(CC)C(=O)N1CCN2[C@@H](C1)CN(S(=O)(=O)c1ccccc1)CC2(C)C. The lowest BCUT2D eigenvalue weighted by atomic mass is 9.93. The second kappa shape index (κ2) is 8.13. The molecule has 1 aromatic carbocycles. The summed E-state index contributed by atoms with van der Waals surface area (Å²) in [4.78, 5) is 17.5. The summed E-state index contributed by atoms with van der Waals surface area (Å²) in [6.45, 7) is 11.3. The molecule has 0 saturated carbocycles. The van der Waals surface area contributed by atoms with Gasteiger partial charge in [0.2, 0.25) is 15.9 Å². The van der Waals surface area contributed by atoms with Crippen LogP contribution in [-0.4, -0.2) is 72.7 Å². The van der Waals surface area contributed by atoms with E-state index >= 15 is 0 Å². The first-order chi connectivity index (χ1) is 13.2. The fraction of sp³-hybridized carbons (Fsp3) is 0.667. The number of rotatable bonds is 5. The number of piperazine rings is 2. The summed E-state index contributed by atoms with van der Waals surface area (Å²) in [6, 6.07) is 8.66. The minimum absolute atomic E-state index is 0.0225. The maximum absolute atomic E-state index is 13.2. The lowest BCUT2D eigenvalue weighted by molar-refractivity contribution is -0.142. The molecule has 1 aromatic rings. The van der Waals surface area contributed by atoms with E-state index in [1.807, 2.05) is 11.0 Å². The van der Waals surface area contributed by atoms with E-state index in [0.29, 0.717) is 24.5 Å². The zero-order chi connectivity index (χ0) is 20.5. The van der Waals surface area contributed by atoms with Gasteiger partial charge in [-0.1, -0.05) is 32.0 Å². The normalized spacial score (nSPS) is 23.6. The van der Waals surface area contributed by atoms with Gasteiger partial charge in [-0.05, 0) is 38.8 Å². The van der Waals surface area contributed by atoms with Crippen LogP contribution in [0.5, 0.6) is 0 Å². The van der Waals surface area contributed by atoms with E-state index in [4.69, 9.17) is 0 Å². The first-order valence-electron chi connectivity index (χ1n) is 10.3. The van der Waals surface area contributed by atoms with Crippen molar-refractivity contribution in [2.45, 2.75) is 57.0 Å². The van der Waals surface area contributed by atoms with Crippen molar-refractivity contribution in [2.75, 3.05) is 32.7 Å². The van der Waals surface area contributed by atoms with E-state index in [1.54, 1.807) is 28.6 Å². The topological polar surface area (TPSA) is 60.9 Å². The molecular weight excluding hydrogens is 374 g/mol. The molecule has 2 aliphatic rings. The fourth-order valence-electron chi connectivity index (χ4n) is 4.65. The molecule has 0 radical (unpaired) electrons. The third-order valence-electron chi connectivity index (χ3n) is 6.27.